The van der Waals surface area contributed by atoms with Crippen LogP contribution in [-0.2, 0) is 9.59 Å². The molecule has 0 spiro atoms. The molecule has 0 radical (unpaired) electrons. The Bertz CT molecular complexity index is 481. The number of thioether (sulfide) groups is 1. The standard InChI is InChI=1S/C15H22N2O3S/c1-15(2,3)17-13(18)9-16-14(19)10-21-12-7-5-11(20-4)6-8-12/h5-8H,9-10H2,1-4H3,(H,16,19)(H,17,18). The third kappa shape index (κ3) is 7.60. The third-order valence-electron chi connectivity index (χ3n) is 2.39. The van der Waals surface area contributed by atoms with Crippen LogP contribution in [0.15, 0.2) is 29.2 Å². The van der Waals surface area contributed by atoms with Gasteiger partial charge in [0.2, 0.25) is 11.8 Å². The zero-order valence-corrected chi connectivity index (χ0v) is 13.7. The van der Waals surface area contributed by atoms with Gasteiger partial charge in [0.25, 0.3) is 0 Å². The molecule has 116 valence electrons. The summed E-state index contributed by atoms with van der Waals surface area (Å²) in [5.74, 6) is 0.697. The first-order valence-corrected chi connectivity index (χ1v) is 7.63. The smallest absolute Gasteiger partial charge is 0.239 e. The van der Waals surface area contributed by atoms with Crippen molar-refractivity contribution in [3.8, 4) is 5.75 Å². The number of ether oxygens (including phenoxy) is 1. The van der Waals surface area contributed by atoms with E-state index in [0.29, 0.717) is 0 Å². The zero-order chi connectivity index (χ0) is 15.9. The third-order valence-corrected chi connectivity index (χ3v) is 3.40. The number of carbonyl (C=O) groups excluding carboxylic acids is 2. The molecule has 0 saturated heterocycles. The van der Waals surface area contributed by atoms with Gasteiger partial charge in [0, 0.05) is 10.4 Å². The van der Waals surface area contributed by atoms with Crippen molar-refractivity contribution in [2.24, 2.45) is 0 Å². The van der Waals surface area contributed by atoms with Crippen molar-refractivity contribution in [3.05, 3.63) is 24.3 Å². The highest BCUT2D eigenvalue weighted by atomic mass is 32.2. The van der Waals surface area contributed by atoms with Crippen molar-refractivity contribution < 1.29 is 14.3 Å². The Morgan fingerprint density at radius 3 is 2.29 bits per heavy atom. The summed E-state index contributed by atoms with van der Waals surface area (Å²) in [6, 6.07) is 7.47. The van der Waals surface area contributed by atoms with Gasteiger partial charge >= 0.3 is 0 Å². The molecule has 1 aromatic carbocycles. The van der Waals surface area contributed by atoms with Crippen molar-refractivity contribution in [1.29, 1.82) is 0 Å². The van der Waals surface area contributed by atoms with Crippen molar-refractivity contribution in [1.82, 2.24) is 10.6 Å². The van der Waals surface area contributed by atoms with Crippen LogP contribution in [0.2, 0.25) is 0 Å². The fraction of sp³-hybridized carbons (Fsp3) is 0.467. The number of rotatable bonds is 6. The summed E-state index contributed by atoms with van der Waals surface area (Å²) in [5, 5.41) is 5.39. The van der Waals surface area contributed by atoms with E-state index in [0.717, 1.165) is 10.6 Å². The van der Waals surface area contributed by atoms with Gasteiger partial charge in [-0.1, -0.05) is 0 Å². The maximum absolute atomic E-state index is 11.7. The van der Waals surface area contributed by atoms with Gasteiger partial charge in [0.15, 0.2) is 0 Å². The lowest BCUT2D eigenvalue weighted by molar-refractivity contribution is -0.125. The molecular weight excluding hydrogens is 288 g/mol. The molecule has 1 aromatic rings. The molecule has 2 amide bonds. The molecule has 0 aromatic heterocycles. The van der Waals surface area contributed by atoms with Crippen LogP contribution >= 0.6 is 11.8 Å². The van der Waals surface area contributed by atoms with E-state index in [-0.39, 0.29) is 29.7 Å². The van der Waals surface area contributed by atoms with Gasteiger partial charge in [-0.3, -0.25) is 9.59 Å². The minimum atomic E-state index is -0.292. The molecule has 0 aliphatic rings. The number of methoxy groups -OCH3 is 1. The summed E-state index contributed by atoms with van der Waals surface area (Å²) < 4.78 is 5.07. The van der Waals surface area contributed by atoms with Gasteiger partial charge in [-0.2, -0.15) is 0 Å². The van der Waals surface area contributed by atoms with Crippen molar-refractivity contribution in [2.45, 2.75) is 31.2 Å². The van der Waals surface area contributed by atoms with Gasteiger partial charge in [-0.05, 0) is 45.0 Å². The van der Waals surface area contributed by atoms with Crippen molar-refractivity contribution >= 4 is 23.6 Å². The lowest BCUT2D eigenvalue weighted by Gasteiger charge is -2.20. The van der Waals surface area contributed by atoms with E-state index in [9.17, 15) is 9.59 Å². The molecule has 1 rings (SSSR count). The topological polar surface area (TPSA) is 67.4 Å². The molecule has 2 N–H and O–H groups in total. The van der Waals surface area contributed by atoms with E-state index in [1.54, 1.807) is 7.11 Å². The Morgan fingerprint density at radius 1 is 1.14 bits per heavy atom. The number of benzene rings is 1. The van der Waals surface area contributed by atoms with E-state index in [2.05, 4.69) is 10.6 Å². The minimum absolute atomic E-state index is 0.000718. The van der Waals surface area contributed by atoms with E-state index in [1.807, 2.05) is 45.0 Å². The molecule has 0 atom stereocenters. The Balaban J connectivity index is 2.29. The Morgan fingerprint density at radius 2 is 1.76 bits per heavy atom. The SMILES string of the molecule is COc1ccc(SCC(=O)NCC(=O)NC(C)(C)C)cc1. The Hall–Kier alpha value is -1.69. The van der Waals surface area contributed by atoms with Crippen LogP contribution in [0.4, 0.5) is 0 Å². The van der Waals surface area contributed by atoms with Gasteiger partial charge in [-0.15, -0.1) is 11.8 Å². The molecular formula is C15H22N2O3S. The summed E-state index contributed by atoms with van der Waals surface area (Å²) in [6.07, 6.45) is 0. The normalized spacial score (nSPS) is 10.9. The van der Waals surface area contributed by atoms with Crippen LogP contribution in [0.5, 0.6) is 5.75 Å². The van der Waals surface area contributed by atoms with Crippen LogP contribution < -0.4 is 15.4 Å². The maximum atomic E-state index is 11.7. The fourth-order valence-electron chi connectivity index (χ4n) is 1.51. The molecule has 0 unspecified atom stereocenters. The van der Waals surface area contributed by atoms with Gasteiger partial charge < -0.3 is 15.4 Å². The largest absolute Gasteiger partial charge is 0.497 e. The molecule has 0 aliphatic carbocycles. The number of amides is 2. The molecule has 21 heavy (non-hydrogen) atoms. The second-order valence-corrected chi connectivity index (χ2v) is 6.59. The maximum Gasteiger partial charge on any atom is 0.239 e. The van der Waals surface area contributed by atoms with E-state index >= 15 is 0 Å². The second-order valence-electron chi connectivity index (χ2n) is 5.54. The van der Waals surface area contributed by atoms with Crippen molar-refractivity contribution in [2.75, 3.05) is 19.4 Å². The van der Waals surface area contributed by atoms with Crippen LogP contribution in [0.3, 0.4) is 0 Å². The first-order chi connectivity index (χ1) is 9.80. The average molecular weight is 310 g/mol. The predicted molar refractivity (Wildman–Crippen MR) is 84.6 cm³/mol. The summed E-state index contributed by atoms with van der Waals surface area (Å²) in [6.45, 7) is 5.68. The molecule has 0 fully saturated rings. The monoisotopic (exact) mass is 310 g/mol. The Labute approximate surface area is 129 Å². The first kappa shape index (κ1) is 17.4. The zero-order valence-electron chi connectivity index (χ0n) is 12.9. The van der Waals surface area contributed by atoms with E-state index in [1.165, 1.54) is 11.8 Å². The highest BCUT2D eigenvalue weighted by molar-refractivity contribution is 8.00. The summed E-state index contributed by atoms with van der Waals surface area (Å²) in [4.78, 5) is 24.2. The molecule has 0 bridgehead atoms. The average Bonchev–Trinajstić information content (AvgIpc) is 2.41. The summed E-state index contributed by atoms with van der Waals surface area (Å²) in [7, 11) is 1.61. The van der Waals surface area contributed by atoms with Crippen LogP contribution in [-0.4, -0.2) is 36.8 Å². The van der Waals surface area contributed by atoms with Gasteiger partial charge in [-0.25, -0.2) is 0 Å². The van der Waals surface area contributed by atoms with Gasteiger partial charge in [0.1, 0.15) is 5.75 Å². The van der Waals surface area contributed by atoms with Crippen LogP contribution in [0, 0.1) is 0 Å². The Kier molecular flexibility index (Phi) is 6.55. The van der Waals surface area contributed by atoms with E-state index < -0.39 is 0 Å². The first-order valence-electron chi connectivity index (χ1n) is 6.65. The minimum Gasteiger partial charge on any atom is -0.497 e. The highest BCUT2D eigenvalue weighted by Crippen LogP contribution is 2.20. The molecule has 6 heteroatoms. The quantitative estimate of drug-likeness (QED) is 0.787. The fourth-order valence-corrected chi connectivity index (χ4v) is 2.24. The highest BCUT2D eigenvalue weighted by Gasteiger charge is 2.14. The molecule has 5 nitrogen and oxygen atoms in total. The summed E-state index contributed by atoms with van der Waals surface area (Å²) in [5.41, 5.74) is -0.292. The van der Waals surface area contributed by atoms with Crippen LogP contribution in [0.1, 0.15) is 20.8 Å². The number of carbonyl (C=O) groups is 2. The van der Waals surface area contributed by atoms with Crippen LogP contribution in [0.25, 0.3) is 0 Å². The number of nitrogens with one attached hydrogen (secondary N) is 2. The predicted octanol–water partition coefficient (Wildman–Crippen LogP) is 1.82. The summed E-state index contributed by atoms with van der Waals surface area (Å²) >= 11 is 1.41. The number of hydrogen-bond acceptors (Lipinski definition) is 4. The molecule has 0 saturated carbocycles. The van der Waals surface area contributed by atoms with Crippen molar-refractivity contribution in [3.63, 3.8) is 0 Å². The second kappa shape index (κ2) is 7.93. The lowest BCUT2D eigenvalue weighted by atomic mass is 10.1. The molecule has 0 aliphatic heterocycles. The van der Waals surface area contributed by atoms with E-state index in [4.69, 9.17) is 4.74 Å². The lowest BCUT2D eigenvalue weighted by Crippen LogP contribution is -2.46. The molecule has 0 heterocycles. The number of hydrogen-bond donors (Lipinski definition) is 2. The van der Waals surface area contributed by atoms with Gasteiger partial charge in [0.05, 0.1) is 19.4 Å².